The van der Waals surface area contributed by atoms with Gasteiger partial charge in [0.15, 0.2) is 6.10 Å². The second kappa shape index (κ2) is 8.60. The molecular weight excluding hydrogens is 415 g/mol. The third-order valence-corrected chi connectivity index (χ3v) is 4.41. The summed E-state index contributed by atoms with van der Waals surface area (Å²) in [5.74, 6) is -1.38. The standard InChI is InChI=1S/C17H16Cl2N2O5S/c1-10(16(22)20-15-9-12(18)6-7-14(15)19)26-17(23)11-4-3-5-13(8-11)21-27(2,24)25/h3-10,21H,1-2H3,(H,20,22). The number of halogens is 2. The highest BCUT2D eigenvalue weighted by molar-refractivity contribution is 7.92. The zero-order valence-electron chi connectivity index (χ0n) is 14.3. The Morgan fingerprint density at radius 3 is 2.48 bits per heavy atom. The van der Waals surface area contributed by atoms with Crippen molar-refractivity contribution in [2.24, 2.45) is 0 Å². The molecule has 2 rings (SSSR count). The molecule has 2 N–H and O–H groups in total. The number of carbonyl (C=O) groups excluding carboxylic acids is 2. The van der Waals surface area contributed by atoms with Crippen LogP contribution < -0.4 is 10.0 Å². The second-order valence-electron chi connectivity index (χ2n) is 5.62. The summed E-state index contributed by atoms with van der Waals surface area (Å²) < 4.78 is 29.9. The van der Waals surface area contributed by atoms with E-state index >= 15 is 0 Å². The van der Waals surface area contributed by atoms with Gasteiger partial charge in [0.2, 0.25) is 10.0 Å². The molecule has 27 heavy (non-hydrogen) atoms. The summed E-state index contributed by atoms with van der Waals surface area (Å²) in [5, 5.41) is 3.19. The number of hydrogen-bond donors (Lipinski definition) is 2. The van der Waals surface area contributed by atoms with E-state index < -0.39 is 28.0 Å². The largest absolute Gasteiger partial charge is 0.449 e. The van der Waals surface area contributed by atoms with Gasteiger partial charge in [-0.2, -0.15) is 0 Å². The second-order valence-corrected chi connectivity index (χ2v) is 8.21. The summed E-state index contributed by atoms with van der Waals surface area (Å²) in [6.07, 6.45) is -0.134. The zero-order valence-corrected chi connectivity index (χ0v) is 16.7. The van der Waals surface area contributed by atoms with Gasteiger partial charge < -0.3 is 10.1 Å². The minimum Gasteiger partial charge on any atom is -0.449 e. The molecule has 2 aromatic rings. The van der Waals surface area contributed by atoms with Crippen LogP contribution in [0.25, 0.3) is 0 Å². The van der Waals surface area contributed by atoms with Crippen molar-refractivity contribution in [3.05, 3.63) is 58.1 Å². The van der Waals surface area contributed by atoms with Gasteiger partial charge >= 0.3 is 5.97 Å². The summed E-state index contributed by atoms with van der Waals surface area (Å²) in [5.41, 5.74) is 0.579. The van der Waals surface area contributed by atoms with Crippen LogP contribution >= 0.6 is 23.2 Å². The predicted octanol–water partition coefficient (Wildman–Crippen LogP) is 3.55. The molecule has 1 atom stereocenters. The first kappa shape index (κ1) is 21.0. The Hall–Kier alpha value is -2.29. The third kappa shape index (κ3) is 6.42. The molecule has 0 aliphatic heterocycles. The lowest BCUT2D eigenvalue weighted by Gasteiger charge is -2.15. The van der Waals surface area contributed by atoms with Gasteiger partial charge in [-0.25, -0.2) is 13.2 Å². The smallest absolute Gasteiger partial charge is 0.338 e. The molecule has 0 heterocycles. The van der Waals surface area contributed by atoms with Crippen LogP contribution in [0.1, 0.15) is 17.3 Å². The molecule has 0 saturated carbocycles. The molecule has 0 radical (unpaired) electrons. The van der Waals surface area contributed by atoms with Gasteiger partial charge in [0.05, 0.1) is 22.5 Å². The molecule has 7 nitrogen and oxygen atoms in total. The highest BCUT2D eigenvalue weighted by Gasteiger charge is 2.20. The fraction of sp³-hybridized carbons (Fsp3) is 0.176. The van der Waals surface area contributed by atoms with E-state index in [4.69, 9.17) is 27.9 Å². The highest BCUT2D eigenvalue weighted by Crippen LogP contribution is 2.25. The number of sulfonamides is 1. The van der Waals surface area contributed by atoms with Gasteiger partial charge in [-0.15, -0.1) is 0 Å². The first-order valence-corrected chi connectivity index (χ1v) is 10.2. The van der Waals surface area contributed by atoms with Crippen LogP contribution in [0.4, 0.5) is 11.4 Å². The summed E-state index contributed by atoms with van der Waals surface area (Å²) >= 11 is 11.8. The van der Waals surface area contributed by atoms with Gasteiger partial charge in [-0.05, 0) is 43.3 Å². The molecule has 1 amide bonds. The number of hydrogen-bond acceptors (Lipinski definition) is 5. The lowest BCUT2D eigenvalue weighted by Crippen LogP contribution is -2.30. The molecular formula is C17H16Cl2N2O5S. The average Bonchev–Trinajstić information content (AvgIpc) is 2.56. The number of amides is 1. The van der Waals surface area contributed by atoms with Crippen LogP contribution in [0.2, 0.25) is 10.0 Å². The van der Waals surface area contributed by atoms with Crippen LogP contribution in [0.3, 0.4) is 0 Å². The van der Waals surface area contributed by atoms with Gasteiger partial charge in [0.1, 0.15) is 0 Å². The number of ether oxygens (including phenoxy) is 1. The summed E-state index contributed by atoms with van der Waals surface area (Å²) in [6, 6.07) is 10.3. The Kier molecular flexibility index (Phi) is 6.69. The van der Waals surface area contributed by atoms with Crippen LogP contribution in [-0.4, -0.2) is 32.7 Å². The maximum atomic E-state index is 12.2. The highest BCUT2D eigenvalue weighted by atomic mass is 35.5. The third-order valence-electron chi connectivity index (χ3n) is 3.24. The van der Waals surface area contributed by atoms with Crippen molar-refractivity contribution >= 4 is 56.5 Å². The SMILES string of the molecule is CC(OC(=O)c1cccc(NS(C)(=O)=O)c1)C(=O)Nc1cc(Cl)ccc1Cl. The average molecular weight is 431 g/mol. The summed E-state index contributed by atoms with van der Waals surface area (Å²) in [6.45, 7) is 1.39. The molecule has 0 aromatic heterocycles. The number of nitrogens with one attached hydrogen (secondary N) is 2. The lowest BCUT2D eigenvalue weighted by molar-refractivity contribution is -0.123. The quantitative estimate of drug-likeness (QED) is 0.682. The molecule has 0 fully saturated rings. The maximum absolute atomic E-state index is 12.2. The predicted molar refractivity (Wildman–Crippen MR) is 105 cm³/mol. The Labute approximate surface area is 166 Å². The van der Waals surface area contributed by atoms with Crippen molar-refractivity contribution in [3.8, 4) is 0 Å². The fourth-order valence-electron chi connectivity index (χ4n) is 2.03. The van der Waals surface area contributed by atoms with Crippen LogP contribution in [-0.2, 0) is 19.6 Å². The van der Waals surface area contributed by atoms with Crippen molar-refractivity contribution in [1.29, 1.82) is 0 Å². The van der Waals surface area contributed by atoms with Gasteiger partial charge in [-0.3, -0.25) is 9.52 Å². The van der Waals surface area contributed by atoms with Crippen molar-refractivity contribution in [1.82, 2.24) is 0 Å². The van der Waals surface area contributed by atoms with E-state index in [2.05, 4.69) is 10.0 Å². The van der Waals surface area contributed by atoms with E-state index in [1.54, 1.807) is 6.07 Å². The summed E-state index contributed by atoms with van der Waals surface area (Å²) in [7, 11) is -3.49. The Morgan fingerprint density at radius 2 is 1.81 bits per heavy atom. The molecule has 0 spiro atoms. The number of carbonyl (C=O) groups is 2. The lowest BCUT2D eigenvalue weighted by atomic mass is 10.2. The Morgan fingerprint density at radius 1 is 1.11 bits per heavy atom. The van der Waals surface area contributed by atoms with Crippen LogP contribution in [0.15, 0.2) is 42.5 Å². The fourth-order valence-corrected chi connectivity index (χ4v) is 2.93. The number of rotatable bonds is 6. The van der Waals surface area contributed by atoms with Crippen molar-refractivity contribution in [2.75, 3.05) is 16.3 Å². The van der Waals surface area contributed by atoms with Gasteiger partial charge in [0.25, 0.3) is 5.91 Å². The number of benzene rings is 2. The molecule has 1 unspecified atom stereocenters. The van der Waals surface area contributed by atoms with Crippen molar-refractivity contribution in [2.45, 2.75) is 13.0 Å². The maximum Gasteiger partial charge on any atom is 0.338 e. The molecule has 2 aromatic carbocycles. The number of esters is 1. The molecule has 0 saturated heterocycles. The van der Waals surface area contributed by atoms with E-state index in [1.165, 1.54) is 43.3 Å². The molecule has 10 heteroatoms. The zero-order chi connectivity index (χ0) is 20.2. The molecule has 0 bridgehead atoms. The summed E-state index contributed by atoms with van der Waals surface area (Å²) in [4.78, 5) is 24.4. The van der Waals surface area contributed by atoms with E-state index in [9.17, 15) is 18.0 Å². The van der Waals surface area contributed by atoms with Crippen LogP contribution in [0.5, 0.6) is 0 Å². The van der Waals surface area contributed by atoms with E-state index in [0.29, 0.717) is 5.02 Å². The van der Waals surface area contributed by atoms with Crippen LogP contribution in [0, 0.1) is 0 Å². The van der Waals surface area contributed by atoms with Gasteiger partial charge in [0, 0.05) is 10.7 Å². The topological polar surface area (TPSA) is 102 Å². The normalized spacial score (nSPS) is 12.1. The molecule has 0 aliphatic carbocycles. The van der Waals surface area contributed by atoms with E-state index in [0.717, 1.165) is 6.26 Å². The van der Waals surface area contributed by atoms with Crippen molar-refractivity contribution < 1.29 is 22.7 Å². The minimum atomic E-state index is -3.49. The van der Waals surface area contributed by atoms with Gasteiger partial charge in [-0.1, -0.05) is 29.3 Å². The van der Waals surface area contributed by atoms with E-state index in [1.807, 2.05) is 0 Å². The Bertz CT molecular complexity index is 979. The monoisotopic (exact) mass is 430 g/mol. The first-order chi connectivity index (χ1) is 12.5. The molecule has 0 aliphatic rings. The number of anilines is 2. The Balaban J connectivity index is 2.05. The van der Waals surface area contributed by atoms with Crippen molar-refractivity contribution in [3.63, 3.8) is 0 Å². The van der Waals surface area contributed by atoms with E-state index in [-0.39, 0.29) is 22.0 Å². The first-order valence-electron chi connectivity index (χ1n) is 7.60. The molecule has 144 valence electrons. The minimum absolute atomic E-state index is 0.0871.